The molecule has 0 N–H and O–H groups in total. The van der Waals surface area contributed by atoms with Crippen molar-refractivity contribution in [2.75, 3.05) is 6.61 Å². The molecule has 0 aliphatic carbocycles. The van der Waals surface area contributed by atoms with Gasteiger partial charge in [-0.15, -0.1) is 0 Å². The molecule has 0 amide bonds. The van der Waals surface area contributed by atoms with Gasteiger partial charge in [-0.1, -0.05) is 19.1 Å². The number of rotatable bonds is 7. The van der Waals surface area contributed by atoms with Crippen molar-refractivity contribution in [1.82, 2.24) is 0 Å². The maximum atomic E-state index is 12.5. The number of Topliss-reactive ketones (excluding diaryl/α,β-unsaturated/α-hetero) is 1. The van der Waals surface area contributed by atoms with Gasteiger partial charge in [0.15, 0.2) is 5.78 Å². The van der Waals surface area contributed by atoms with E-state index in [9.17, 15) is 4.79 Å². The van der Waals surface area contributed by atoms with Crippen LogP contribution in [0.1, 0.15) is 51.4 Å². The molecule has 0 spiro atoms. The van der Waals surface area contributed by atoms with Crippen LogP contribution in [0.25, 0.3) is 0 Å². The molecule has 1 aromatic carbocycles. The van der Waals surface area contributed by atoms with E-state index in [-0.39, 0.29) is 11.9 Å². The summed E-state index contributed by atoms with van der Waals surface area (Å²) in [5, 5.41) is 0. The highest BCUT2D eigenvalue weighted by atomic mass is 16.5. The van der Waals surface area contributed by atoms with Crippen LogP contribution in [0.3, 0.4) is 0 Å². The highest BCUT2D eigenvalue weighted by Crippen LogP contribution is 2.24. The minimum atomic E-state index is -0.759. The molecule has 0 bridgehead atoms. The summed E-state index contributed by atoms with van der Waals surface area (Å²) in [6, 6.07) is 7.30. The smallest absolute Gasteiger partial charge is 0.194 e. The van der Waals surface area contributed by atoms with Crippen LogP contribution in [-0.4, -0.2) is 24.1 Å². The Morgan fingerprint density at radius 2 is 2.00 bits per heavy atom. The maximum Gasteiger partial charge on any atom is 0.194 e. The number of benzene rings is 1. The summed E-state index contributed by atoms with van der Waals surface area (Å²) < 4.78 is 11.2. The second kappa shape index (κ2) is 6.71. The quantitative estimate of drug-likeness (QED) is 0.701. The summed E-state index contributed by atoms with van der Waals surface area (Å²) in [5.74, 6) is 0.724. The Balaban J connectivity index is 2.98. The predicted octanol–water partition coefficient (Wildman–Crippen LogP) is 3.86. The zero-order valence-electron chi connectivity index (χ0n) is 12.5. The summed E-state index contributed by atoms with van der Waals surface area (Å²) in [7, 11) is 0. The second-order valence-corrected chi connectivity index (χ2v) is 5.04. The molecule has 3 nitrogen and oxygen atoms in total. The van der Waals surface area contributed by atoms with Crippen LogP contribution in [0.2, 0.25) is 0 Å². The van der Waals surface area contributed by atoms with Gasteiger partial charge in [0.25, 0.3) is 0 Å². The highest BCUT2D eigenvalue weighted by Gasteiger charge is 2.32. The second-order valence-electron chi connectivity index (χ2n) is 5.04. The molecule has 0 heterocycles. The molecule has 0 saturated heterocycles. The van der Waals surface area contributed by atoms with Crippen molar-refractivity contribution in [3.63, 3.8) is 0 Å². The van der Waals surface area contributed by atoms with Gasteiger partial charge < -0.3 is 9.47 Å². The number of carbonyl (C=O) groups excluding carboxylic acids is 1. The van der Waals surface area contributed by atoms with Crippen molar-refractivity contribution in [1.29, 1.82) is 0 Å². The summed E-state index contributed by atoms with van der Waals surface area (Å²) in [6.07, 6.45) is 0.740. The van der Waals surface area contributed by atoms with E-state index in [0.29, 0.717) is 18.6 Å². The molecular formula is C16H24O3. The Morgan fingerprint density at radius 3 is 2.53 bits per heavy atom. The number of ether oxygens (including phenoxy) is 2. The van der Waals surface area contributed by atoms with Crippen molar-refractivity contribution in [2.24, 2.45) is 0 Å². The minimum absolute atomic E-state index is 0.00561. The standard InChI is InChI=1S/C16H24O3/c1-6-16(5,18-7-2)15(17)13-9-8-10-14(11-13)19-12(3)4/h8-12H,6-7H2,1-5H3. The molecule has 1 unspecified atom stereocenters. The van der Waals surface area contributed by atoms with Crippen molar-refractivity contribution < 1.29 is 14.3 Å². The zero-order valence-corrected chi connectivity index (χ0v) is 12.5. The Hall–Kier alpha value is -1.35. The molecule has 106 valence electrons. The molecular weight excluding hydrogens is 240 g/mol. The molecule has 19 heavy (non-hydrogen) atoms. The lowest BCUT2D eigenvalue weighted by molar-refractivity contribution is -0.0116. The summed E-state index contributed by atoms with van der Waals surface area (Å²) in [4.78, 5) is 12.5. The van der Waals surface area contributed by atoms with Crippen LogP contribution in [0.15, 0.2) is 24.3 Å². The van der Waals surface area contributed by atoms with Gasteiger partial charge in [0.05, 0.1) is 6.10 Å². The summed E-state index contributed by atoms with van der Waals surface area (Å²) in [5.41, 5.74) is -0.124. The Labute approximate surface area is 115 Å². The van der Waals surface area contributed by atoms with Gasteiger partial charge in [-0.05, 0) is 46.2 Å². The SMILES string of the molecule is CCOC(C)(CC)C(=O)c1cccc(OC(C)C)c1. The highest BCUT2D eigenvalue weighted by molar-refractivity contribution is 6.02. The molecule has 0 aliphatic heterocycles. The van der Waals surface area contributed by atoms with E-state index in [0.717, 1.165) is 5.75 Å². The van der Waals surface area contributed by atoms with E-state index >= 15 is 0 Å². The van der Waals surface area contributed by atoms with Gasteiger partial charge in [-0.2, -0.15) is 0 Å². The van der Waals surface area contributed by atoms with Crippen molar-refractivity contribution in [3.05, 3.63) is 29.8 Å². The summed E-state index contributed by atoms with van der Waals surface area (Å²) in [6.45, 7) is 10.2. The fourth-order valence-electron chi connectivity index (χ4n) is 1.93. The monoisotopic (exact) mass is 264 g/mol. The van der Waals surface area contributed by atoms with E-state index in [4.69, 9.17) is 9.47 Å². The number of hydrogen-bond acceptors (Lipinski definition) is 3. The third kappa shape index (κ3) is 4.06. The topological polar surface area (TPSA) is 35.5 Å². The molecule has 0 saturated carbocycles. The average Bonchev–Trinajstić information content (AvgIpc) is 2.37. The van der Waals surface area contributed by atoms with Crippen LogP contribution < -0.4 is 4.74 Å². The van der Waals surface area contributed by atoms with Gasteiger partial charge in [-0.25, -0.2) is 0 Å². The first-order valence-corrected chi connectivity index (χ1v) is 6.88. The predicted molar refractivity (Wildman–Crippen MR) is 76.9 cm³/mol. The van der Waals surface area contributed by atoms with E-state index in [1.54, 1.807) is 6.07 Å². The molecule has 1 aromatic rings. The van der Waals surface area contributed by atoms with Gasteiger partial charge >= 0.3 is 0 Å². The van der Waals surface area contributed by atoms with Crippen LogP contribution in [0.5, 0.6) is 5.75 Å². The first kappa shape index (κ1) is 15.7. The Kier molecular flexibility index (Phi) is 5.55. The van der Waals surface area contributed by atoms with Gasteiger partial charge in [-0.3, -0.25) is 4.79 Å². The van der Waals surface area contributed by atoms with Crippen molar-refractivity contribution in [3.8, 4) is 5.75 Å². The number of hydrogen-bond donors (Lipinski definition) is 0. The van der Waals surface area contributed by atoms with E-state index in [1.165, 1.54) is 0 Å². The minimum Gasteiger partial charge on any atom is -0.491 e. The number of ketones is 1. The molecule has 1 atom stereocenters. The third-order valence-corrected chi connectivity index (χ3v) is 3.09. The van der Waals surface area contributed by atoms with Gasteiger partial charge in [0.1, 0.15) is 11.4 Å². The van der Waals surface area contributed by atoms with Crippen LogP contribution in [-0.2, 0) is 4.74 Å². The largest absolute Gasteiger partial charge is 0.491 e. The third-order valence-electron chi connectivity index (χ3n) is 3.09. The zero-order chi connectivity index (χ0) is 14.5. The van der Waals surface area contributed by atoms with Crippen LogP contribution in [0.4, 0.5) is 0 Å². The maximum absolute atomic E-state index is 12.5. The van der Waals surface area contributed by atoms with Gasteiger partial charge in [0, 0.05) is 12.2 Å². The van der Waals surface area contributed by atoms with Crippen molar-refractivity contribution >= 4 is 5.78 Å². The average molecular weight is 264 g/mol. The Bertz CT molecular complexity index is 426. The molecule has 0 fully saturated rings. The lowest BCUT2D eigenvalue weighted by atomic mass is 9.92. The molecule has 0 aliphatic rings. The van der Waals surface area contributed by atoms with Gasteiger partial charge in [0.2, 0.25) is 0 Å². The molecule has 1 rings (SSSR count). The lowest BCUT2D eigenvalue weighted by Gasteiger charge is -2.26. The first-order valence-electron chi connectivity index (χ1n) is 6.88. The number of carbonyl (C=O) groups is 1. The van der Waals surface area contributed by atoms with Crippen molar-refractivity contribution in [2.45, 2.75) is 52.7 Å². The normalized spacial score (nSPS) is 14.2. The molecule has 0 radical (unpaired) electrons. The lowest BCUT2D eigenvalue weighted by Crippen LogP contribution is -2.37. The molecule has 0 aromatic heterocycles. The van der Waals surface area contributed by atoms with Crippen LogP contribution >= 0.6 is 0 Å². The molecule has 3 heteroatoms. The summed E-state index contributed by atoms with van der Waals surface area (Å²) >= 11 is 0. The van der Waals surface area contributed by atoms with Crippen LogP contribution in [0, 0.1) is 0 Å². The van der Waals surface area contributed by atoms with E-state index < -0.39 is 5.60 Å². The van der Waals surface area contributed by atoms with E-state index in [1.807, 2.05) is 52.8 Å². The van der Waals surface area contributed by atoms with E-state index in [2.05, 4.69) is 0 Å². The fraction of sp³-hybridized carbons (Fsp3) is 0.562. The first-order chi connectivity index (χ1) is 8.92. The fourth-order valence-corrected chi connectivity index (χ4v) is 1.93. The Morgan fingerprint density at radius 1 is 1.32 bits per heavy atom.